The first-order chi connectivity index (χ1) is 30.7. The Balaban J connectivity index is 0.975. The molecule has 12 rings (SSSR count). The minimum atomic E-state index is 0.687. The summed E-state index contributed by atoms with van der Waals surface area (Å²) in [7, 11) is 0. The molecule has 62 heavy (non-hydrogen) atoms. The van der Waals surface area contributed by atoms with Gasteiger partial charge >= 0.3 is 0 Å². The van der Waals surface area contributed by atoms with Gasteiger partial charge in [-0.15, -0.1) is 11.3 Å². The third-order valence-corrected chi connectivity index (χ3v) is 13.1. The summed E-state index contributed by atoms with van der Waals surface area (Å²) in [5.74, 6) is 0.687. The summed E-state index contributed by atoms with van der Waals surface area (Å²) in [6.45, 7) is 0. The van der Waals surface area contributed by atoms with E-state index in [0.29, 0.717) is 5.82 Å². The van der Waals surface area contributed by atoms with Gasteiger partial charge in [0.2, 0.25) is 0 Å². The van der Waals surface area contributed by atoms with E-state index in [1.807, 2.05) is 29.5 Å². The Morgan fingerprint density at radius 1 is 0.387 bits per heavy atom. The molecule has 0 saturated carbocycles. The molecule has 0 fully saturated rings. The van der Waals surface area contributed by atoms with Crippen LogP contribution in [-0.2, 0) is 0 Å². The fourth-order valence-electron chi connectivity index (χ4n) is 8.85. The van der Waals surface area contributed by atoms with Crippen LogP contribution in [0.2, 0.25) is 0 Å². The van der Waals surface area contributed by atoms with Crippen molar-refractivity contribution in [3.05, 3.63) is 218 Å². The van der Waals surface area contributed by atoms with Crippen molar-refractivity contribution in [3.63, 3.8) is 0 Å². The summed E-state index contributed by atoms with van der Waals surface area (Å²) in [5, 5.41) is 11.5. The van der Waals surface area contributed by atoms with Gasteiger partial charge in [-0.2, -0.15) is 5.10 Å². The van der Waals surface area contributed by atoms with E-state index in [4.69, 9.17) is 15.1 Å². The van der Waals surface area contributed by atoms with Gasteiger partial charge in [-0.05, 0) is 58.0 Å². The zero-order valence-electron chi connectivity index (χ0n) is 33.5. The van der Waals surface area contributed by atoms with Gasteiger partial charge in [0.1, 0.15) is 5.69 Å². The summed E-state index contributed by atoms with van der Waals surface area (Å²) >= 11 is 1.86. The van der Waals surface area contributed by atoms with E-state index in [2.05, 4.69) is 205 Å². The van der Waals surface area contributed by atoms with Gasteiger partial charge in [0, 0.05) is 53.2 Å². The number of benzene rings is 9. The van der Waals surface area contributed by atoms with Gasteiger partial charge in [-0.3, -0.25) is 0 Å². The molecule has 0 radical (unpaired) electrons. The Kier molecular flexibility index (Phi) is 8.65. The molecule has 4 nitrogen and oxygen atoms in total. The van der Waals surface area contributed by atoms with Crippen molar-refractivity contribution in [1.82, 2.24) is 19.7 Å². The molecular formula is C57H36N4S. The highest BCUT2D eigenvalue weighted by Crippen LogP contribution is 2.43. The van der Waals surface area contributed by atoms with Crippen LogP contribution in [0.15, 0.2) is 218 Å². The number of rotatable bonds is 7. The molecule has 0 unspecified atom stereocenters. The van der Waals surface area contributed by atoms with Crippen molar-refractivity contribution >= 4 is 53.2 Å². The SMILES string of the molecule is c1ccc(-c2nc(-c3ccc(-c4cccc5c4sc4ccccc45)cc3)cc(-c3ccc(-n4nc(-c5ccccc5)c5c(-c6ccccc6)cc6ccccc6c54)cc3)n2)cc1. The number of nitrogens with zero attached hydrogens (tertiary/aromatic N) is 4. The molecule has 0 N–H and O–H groups in total. The minimum absolute atomic E-state index is 0.687. The Labute approximate surface area is 362 Å². The molecule has 0 aliphatic heterocycles. The molecule has 0 atom stereocenters. The normalized spacial score (nSPS) is 11.5. The first kappa shape index (κ1) is 35.9. The highest BCUT2D eigenvalue weighted by Gasteiger charge is 2.21. The zero-order valence-corrected chi connectivity index (χ0v) is 34.3. The molecular weight excluding hydrogens is 773 g/mol. The molecule has 9 aromatic carbocycles. The number of thiophene rings is 1. The van der Waals surface area contributed by atoms with Gasteiger partial charge in [0.25, 0.3) is 0 Å². The van der Waals surface area contributed by atoms with Crippen LogP contribution in [0.25, 0.3) is 115 Å². The van der Waals surface area contributed by atoms with Crippen molar-refractivity contribution < 1.29 is 0 Å². The lowest BCUT2D eigenvalue weighted by Crippen LogP contribution is -1.98. The van der Waals surface area contributed by atoms with E-state index >= 15 is 0 Å². The first-order valence-corrected chi connectivity index (χ1v) is 21.7. The predicted octanol–water partition coefficient (Wildman–Crippen LogP) is 15.3. The molecule has 0 aliphatic rings. The van der Waals surface area contributed by atoms with Crippen molar-refractivity contribution in [2.75, 3.05) is 0 Å². The Morgan fingerprint density at radius 2 is 0.935 bits per heavy atom. The van der Waals surface area contributed by atoms with Gasteiger partial charge in [0.05, 0.1) is 22.6 Å². The summed E-state index contributed by atoms with van der Waals surface area (Å²) in [4.78, 5) is 10.3. The first-order valence-electron chi connectivity index (χ1n) is 20.9. The van der Waals surface area contributed by atoms with Crippen LogP contribution in [-0.4, -0.2) is 19.7 Å². The molecule has 0 saturated heterocycles. The zero-order chi connectivity index (χ0) is 41.0. The van der Waals surface area contributed by atoms with E-state index in [9.17, 15) is 0 Å². The predicted molar refractivity (Wildman–Crippen MR) is 260 cm³/mol. The van der Waals surface area contributed by atoms with Crippen LogP contribution in [0.4, 0.5) is 0 Å². The lowest BCUT2D eigenvalue weighted by atomic mass is 9.94. The van der Waals surface area contributed by atoms with E-state index in [1.54, 1.807) is 0 Å². The van der Waals surface area contributed by atoms with Crippen LogP contribution in [0.3, 0.4) is 0 Å². The third-order valence-electron chi connectivity index (χ3n) is 11.9. The second kappa shape index (κ2) is 14.9. The topological polar surface area (TPSA) is 43.6 Å². The van der Waals surface area contributed by atoms with Gasteiger partial charge in [-0.1, -0.05) is 188 Å². The molecule has 12 aromatic rings. The molecule has 3 heterocycles. The molecule has 0 amide bonds. The number of fused-ring (bicyclic) bond motifs is 6. The number of hydrogen-bond donors (Lipinski definition) is 0. The fourth-order valence-corrected chi connectivity index (χ4v) is 10.1. The Morgan fingerprint density at radius 3 is 1.65 bits per heavy atom. The van der Waals surface area contributed by atoms with Crippen LogP contribution < -0.4 is 0 Å². The van der Waals surface area contributed by atoms with E-state index in [-0.39, 0.29) is 0 Å². The Hall–Kier alpha value is -7.99. The summed E-state index contributed by atoms with van der Waals surface area (Å²) < 4.78 is 4.74. The molecule has 0 bridgehead atoms. The van der Waals surface area contributed by atoms with E-state index < -0.39 is 0 Å². The van der Waals surface area contributed by atoms with Crippen LogP contribution >= 0.6 is 11.3 Å². The smallest absolute Gasteiger partial charge is 0.160 e. The Bertz CT molecular complexity index is 3590. The second-order valence-electron chi connectivity index (χ2n) is 15.6. The molecule has 0 aliphatic carbocycles. The lowest BCUT2D eigenvalue weighted by molar-refractivity contribution is 0.918. The van der Waals surface area contributed by atoms with Crippen LogP contribution in [0.5, 0.6) is 0 Å². The summed E-state index contributed by atoms with van der Waals surface area (Å²) in [6, 6.07) is 77.2. The van der Waals surface area contributed by atoms with E-state index in [0.717, 1.165) is 72.4 Å². The largest absolute Gasteiger partial charge is 0.232 e. The van der Waals surface area contributed by atoms with Gasteiger partial charge < -0.3 is 0 Å². The highest BCUT2D eigenvalue weighted by atomic mass is 32.1. The average molecular weight is 809 g/mol. The van der Waals surface area contributed by atoms with Gasteiger partial charge in [0.15, 0.2) is 5.82 Å². The lowest BCUT2D eigenvalue weighted by Gasteiger charge is -2.12. The summed E-state index contributed by atoms with van der Waals surface area (Å²) in [5.41, 5.74) is 13.6. The maximum atomic E-state index is 5.42. The fraction of sp³-hybridized carbons (Fsp3) is 0. The van der Waals surface area contributed by atoms with E-state index in [1.165, 1.54) is 36.7 Å². The number of hydrogen-bond acceptors (Lipinski definition) is 4. The monoisotopic (exact) mass is 808 g/mol. The van der Waals surface area contributed by atoms with Crippen molar-refractivity contribution in [3.8, 4) is 73.1 Å². The quantitative estimate of drug-likeness (QED) is 0.161. The summed E-state index contributed by atoms with van der Waals surface area (Å²) in [6.07, 6.45) is 0. The van der Waals surface area contributed by atoms with Gasteiger partial charge in [-0.25, -0.2) is 14.6 Å². The standard InChI is InChI=1S/C57H36N4S/c1-4-15-37(16-5-1)49-35-43-21-10-11-22-45(43)55-53(49)54(41-17-6-2-7-18-41)60-61(55)44-33-31-40(32-34-44)51-36-50(58-57(59-51)42-19-8-3-9-20-42)39-29-27-38(28-30-39)46-24-14-25-48-47-23-12-13-26-52(47)62-56(46)48/h1-36H. The third kappa shape index (κ3) is 6.18. The molecule has 290 valence electrons. The molecule has 3 aromatic heterocycles. The minimum Gasteiger partial charge on any atom is -0.232 e. The maximum Gasteiger partial charge on any atom is 0.160 e. The number of aromatic nitrogens is 4. The second-order valence-corrected chi connectivity index (χ2v) is 16.6. The van der Waals surface area contributed by atoms with Crippen molar-refractivity contribution in [2.45, 2.75) is 0 Å². The maximum absolute atomic E-state index is 5.42. The van der Waals surface area contributed by atoms with Crippen molar-refractivity contribution in [2.24, 2.45) is 0 Å². The van der Waals surface area contributed by atoms with Crippen LogP contribution in [0.1, 0.15) is 0 Å². The van der Waals surface area contributed by atoms with Crippen molar-refractivity contribution in [1.29, 1.82) is 0 Å². The average Bonchev–Trinajstić information content (AvgIpc) is 3.95. The van der Waals surface area contributed by atoms with Crippen LogP contribution in [0, 0.1) is 0 Å². The molecule has 0 spiro atoms. The molecule has 5 heteroatoms. The highest BCUT2D eigenvalue weighted by molar-refractivity contribution is 7.26.